The zero-order chi connectivity index (χ0) is 6.69. The Balaban J connectivity index is 0.000000810. The first kappa shape index (κ1) is 9.79. The van der Waals surface area contributed by atoms with Gasteiger partial charge in [-0.15, -0.1) is 24.0 Å². The Labute approximate surface area is 71.6 Å². The Kier molecular flexibility index (Phi) is 4.49. The highest BCUT2D eigenvalue weighted by atomic mass is 35.5. The lowest BCUT2D eigenvalue weighted by atomic mass is 10.4. The quantitative estimate of drug-likeness (QED) is 0.634. The third-order valence-electron chi connectivity index (χ3n) is 1.27. The van der Waals surface area contributed by atoms with E-state index in [4.69, 9.17) is 11.6 Å². The fourth-order valence-electron chi connectivity index (χ4n) is 0.722. The van der Waals surface area contributed by atoms with Crippen LogP contribution in [0.25, 0.3) is 0 Å². The number of halogens is 2. The van der Waals surface area contributed by atoms with Gasteiger partial charge in [0.1, 0.15) is 0 Å². The Bertz CT molecular complexity index is 186. The zero-order valence-electron chi connectivity index (χ0n) is 5.75. The molecule has 0 saturated carbocycles. The maximum absolute atomic E-state index is 5.52. The Morgan fingerprint density at radius 2 is 2.40 bits per heavy atom. The molecule has 1 aromatic heterocycles. The molecule has 0 N–H and O–H groups in total. The lowest BCUT2D eigenvalue weighted by molar-refractivity contribution is 0.835. The number of nitrogens with zero attached hydrogens (tertiary/aromatic N) is 2. The van der Waals surface area contributed by atoms with Crippen molar-refractivity contribution in [3.8, 4) is 0 Å². The molecular weight excluding hydrogens is 171 g/mol. The van der Waals surface area contributed by atoms with Gasteiger partial charge in [0.2, 0.25) is 0 Å². The largest absolute Gasteiger partial charge is 0.338 e. The fraction of sp³-hybridized carbons (Fsp3) is 0.500. The van der Waals surface area contributed by atoms with Gasteiger partial charge in [0.15, 0.2) is 0 Å². The van der Waals surface area contributed by atoms with Gasteiger partial charge in [0.05, 0.1) is 6.33 Å². The number of aromatic nitrogens is 2. The van der Waals surface area contributed by atoms with E-state index in [-0.39, 0.29) is 12.4 Å². The van der Waals surface area contributed by atoms with Crippen molar-refractivity contribution in [2.75, 3.05) is 5.88 Å². The molecule has 0 spiro atoms. The standard InChI is InChI=1S/C6H9ClN2.ClH/c1-9-5-8-4-6(9)2-3-7;/h4-5H,2-3H2,1H3;1H. The van der Waals surface area contributed by atoms with Crippen molar-refractivity contribution in [3.05, 3.63) is 18.2 Å². The summed E-state index contributed by atoms with van der Waals surface area (Å²) in [4.78, 5) is 3.94. The number of alkyl halides is 1. The van der Waals surface area contributed by atoms with Crippen LogP contribution in [0.15, 0.2) is 12.5 Å². The van der Waals surface area contributed by atoms with E-state index in [0.29, 0.717) is 5.88 Å². The van der Waals surface area contributed by atoms with Crippen LogP contribution in [-0.2, 0) is 13.5 Å². The minimum absolute atomic E-state index is 0. The number of hydrogen-bond donors (Lipinski definition) is 0. The van der Waals surface area contributed by atoms with Gasteiger partial charge < -0.3 is 4.57 Å². The van der Waals surface area contributed by atoms with Crippen LogP contribution in [0.4, 0.5) is 0 Å². The van der Waals surface area contributed by atoms with Crippen LogP contribution in [0.3, 0.4) is 0 Å². The summed E-state index contributed by atoms with van der Waals surface area (Å²) in [6.45, 7) is 0. The van der Waals surface area contributed by atoms with E-state index >= 15 is 0 Å². The Hall–Kier alpha value is -0.210. The van der Waals surface area contributed by atoms with Crippen molar-refractivity contribution in [1.82, 2.24) is 9.55 Å². The summed E-state index contributed by atoms with van der Waals surface area (Å²) in [5.41, 5.74) is 1.19. The summed E-state index contributed by atoms with van der Waals surface area (Å²) in [5, 5.41) is 0. The zero-order valence-corrected chi connectivity index (χ0v) is 7.32. The second-order valence-electron chi connectivity index (χ2n) is 1.93. The molecule has 0 radical (unpaired) electrons. The highest BCUT2D eigenvalue weighted by Crippen LogP contribution is 1.97. The summed E-state index contributed by atoms with van der Waals surface area (Å²) < 4.78 is 1.97. The molecule has 58 valence electrons. The first-order valence-corrected chi connectivity index (χ1v) is 3.39. The van der Waals surface area contributed by atoms with E-state index in [1.807, 2.05) is 17.8 Å². The van der Waals surface area contributed by atoms with Gasteiger partial charge in [-0.25, -0.2) is 4.98 Å². The topological polar surface area (TPSA) is 17.8 Å². The smallest absolute Gasteiger partial charge is 0.0945 e. The van der Waals surface area contributed by atoms with Crippen LogP contribution >= 0.6 is 24.0 Å². The molecule has 1 heterocycles. The van der Waals surface area contributed by atoms with Crippen molar-refractivity contribution in [1.29, 1.82) is 0 Å². The maximum Gasteiger partial charge on any atom is 0.0945 e. The molecule has 2 nitrogen and oxygen atoms in total. The molecule has 0 aliphatic rings. The average molecular weight is 181 g/mol. The summed E-state index contributed by atoms with van der Waals surface area (Å²) in [6.07, 6.45) is 4.52. The molecule has 0 saturated heterocycles. The molecule has 0 aromatic carbocycles. The second kappa shape index (κ2) is 4.58. The van der Waals surface area contributed by atoms with Crippen molar-refractivity contribution in [3.63, 3.8) is 0 Å². The molecule has 4 heteroatoms. The maximum atomic E-state index is 5.52. The lowest BCUT2D eigenvalue weighted by Gasteiger charge is -1.95. The van der Waals surface area contributed by atoms with Crippen LogP contribution in [0.2, 0.25) is 0 Å². The summed E-state index contributed by atoms with van der Waals surface area (Å²) in [7, 11) is 1.97. The van der Waals surface area contributed by atoms with Gasteiger partial charge in [-0.2, -0.15) is 0 Å². The molecule has 0 aliphatic heterocycles. The highest BCUT2D eigenvalue weighted by Gasteiger charge is 1.93. The molecule has 10 heavy (non-hydrogen) atoms. The second-order valence-corrected chi connectivity index (χ2v) is 2.31. The van der Waals surface area contributed by atoms with E-state index in [0.717, 1.165) is 6.42 Å². The molecule has 0 atom stereocenters. The molecule has 1 rings (SSSR count). The van der Waals surface area contributed by atoms with E-state index in [9.17, 15) is 0 Å². The van der Waals surface area contributed by atoms with E-state index in [1.54, 1.807) is 6.33 Å². The minimum Gasteiger partial charge on any atom is -0.338 e. The van der Waals surface area contributed by atoms with Crippen molar-refractivity contribution < 1.29 is 0 Å². The summed E-state index contributed by atoms with van der Waals surface area (Å²) in [6, 6.07) is 0. The molecular formula is C6H10Cl2N2. The monoisotopic (exact) mass is 180 g/mol. The predicted octanol–water partition coefficient (Wildman–Crippen LogP) is 1.62. The van der Waals surface area contributed by atoms with Gasteiger partial charge in [0.25, 0.3) is 0 Å². The van der Waals surface area contributed by atoms with Crippen molar-refractivity contribution >= 4 is 24.0 Å². The predicted molar refractivity (Wildman–Crippen MR) is 44.9 cm³/mol. The van der Waals surface area contributed by atoms with Gasteiger partial charge in [-0.3, -0.25) is 0 Å². The Morgan fingerprint density at radius 1 is 1.70 bits per heavy atom. The lowest BCUT2D eigenvalue weighted by Crippen LogP contribution is -1.94. The average Bonchev–Trinajstić information content (AvgIpc) is 2.18. The van der Waals surface area contributed by atoms with Crippen LogP contribution in [0.1, 0.15) is 5.69 Å². The number of hydrogen-bond acceptors (Lipinski definition) is 1. The van der Waals surface area contributed by atoms with Crippen molar-refractivity contribution in [2.24, 2.45) is 7.05 Å². The van der Waals surface area contributed by atoms with Gasteiger partial charge in [-0.05, 0) is 0 Å². The first-order chi connectivity index (χ1) is 4.34. The first-order valence-electron chi connectivity index (χ1n) is 2.85. The minimum atomic E-state index is 0. The van der Waals surface area contributed by atoms with Crippen LogP contribution in [-0.4, -0.2) is 15.4 Å². The van der Waals surface area contributed by atoms with Gasteiger partial charge >= 0.3 is 0 Å². The molecule has 0 unspecified atom stereocenters. The number of aryl methyl sites for hydroxylation is 2. The molecule has 0 amide bonds. The summed E-state index contributed by atoms with van der Waals surface area (Å²) in [5.74, 6) is 0.666. The molecule has 0 bridgehead atoms. The highest BCUT2D eigenvalue weighted by molar-refractivity contribution is 6.17. The molecule has 0 aliphatic carbocycles. The van der Waals surface area contributed by atoms with E-state index < -0.39 is 0 Å². The van der Waals surface area contributed by atoms with Crippen LogP contribution < -0.4 is 0 Å². The Morgan fingerprint density at radius 3 is 2.80 bits per heavy atom. The SMILES string of the molecule is Cl.Cn1cncc1CCCl. The van der Waals surface area contributed by atoms with Crippen LogP contribution in [0.5, 0.6) is 0 Å². The van der Waals surface area contributed by atoms with E-state index in [2.05, 4.69) is 4.98 Å². The fourth-order valence-corrected chi connectivity index (χ4v) is 0.916. The molecule has 0 fully saturated rings. The third-order valence-corrected chi connectivity index (χ3v) is 1.46. The number of rotatable bonds is 2. The summed E-state index contributed by atoms with van der Waals surface area (Å²) >= 11 is 5.52. The normalized spacial score (nSPS) is 9.00. The van der Waals surface area contributed by atoms with Gasteiger partial charge in [-0.1, -0.05) is 0 Å². The van der Waals surface area contributed by atoms with E-state index in [1.165, 1.54) is 5.69 Å². The third kappa shape index (κ3) is 2.20. The van der Waals surface area contributed by atoms with Gasteiger partial charge in [0, 0.05) is 31.2 Å². The van der Waals surface area contributed by atoms with Crippen molar-refractivity contribution in [2.45, 2.75) is 6.42 Å². The van der Waals surface area contributed by atoms with Crippen LogP contribution in [0, 0.1) is 0 Å². The number of imidazole rings is 1. The molecule has 1 aromatic rings.